The quantitative estimate of drug-likeness (QED) is 0.333. The number of hydrogen-bond donors (Lipinski definition) is 3. The molecule has 0 bridgehead atoms. The van der Waals surface area contributed by atoms with Gasteiger partial charge < -0.3 is 16.0 Å². The van der Waals surface area contributed by atoms with Crippen LogP contribution in [0.15, 0.2) is 58.4 Å². The van der Waals surface area contributed by atoms with Crippen LogP contribution in [0, 0.1) is 0 Å². The Morgan fingerprint density at radius 3 is 2.10 bits per heavy atom. The van der Waals surface area contributed by atoms with E-state index in [9.17, 15) is 13.2 Å². The van der Waals surface area contributed by atoms with Crippen LogP contribution < -0.4 is 16.0 Å². The molecule has 0 saturated carbocycles. The predicted octanol–water partition coefficient (Wildman–Crippen LogP) is 1.88. The SMILES string of the molecule is CN=C(NCCNC(=O)c1ccc(Cl)cc1)NCCc1ccc(S(C)(=O)=O)cc1. The second kappa shape index (κ2) is 10.8. The summed E-state index contributed by atoms with van der Waals surface area (Å²) in [6.07, 6.45) is 1.91. The van der Waals surface area contributed by atoms with Gasteiger partial charge in [0, 0.05) is 43.5 Å². The van der Waals surface area contributed by atoms with Crippen LogP contribution in [0.5, 0.6) is 0 Å². The summed E-state index contributed by atoms with van der Waals surface area (Å²) < 4.78 is 23.0. The molecule has 2 rings (SSSR count). The van der Waals surface area contributed by atoms with Crippen molar-refractivity contribution in [1.82, 2.24) is 16.0 Å². The molecule has 2 aromatic rings. The van der Waals surface area contributed by atoms with Crippen LogP contribution in [-0.4, -0.2) is 53.2 Å². The van der Waals surface area contributed by atoms with Crippen molar-refractivity contribution in [2.75, 3.05) is 32.9 Å². The molecule has 0 aromatic heterocycles. The Balaban J connectivity index is 1.68. The molecule has 1 amide bonds. The molecule has 0 saturated heterocycles. The van der Waals surface area contributed by atoms with E-state index in [0.717, 1.165) is 12.0 Å². The maximum atomic E-state index is 12.0. The Morgan fingerprint density at radius 2 is 1.52 bits per heavy atom. The van der Waals surface area contributed by atoms with Crippen molar-refractivity contribution in [2.45, 2.75) is 11.3 Å². The van der Waals surface area contributed by atoms with Crippen LogP contribution in [0.4, 0.5) is 0 Å². The van der Waals surface area contributed by atoms with Crippen molar-refractivity contribution in [3.8, 4) is 0 Å². The van der Waals surface area contributed by atoms with Crippen molar-refractivity contribution < 1.29 is 13.2 Å². The fourth-order valence-electron chi connectivity index (χ4n) is 2.51. The number of carbonyl (C=O) groups is 1. The fraction of sp³-hybridized carbons (Fsp3) is 0.300. The molecule has 7 nitrogen and oxygen atoms in total. The number of guanidine groups is 1. The highest BCUT2D eigenvalue weighted by Crippen LogP contribution is 2.10. The lowest BCUT2D eigenvalue weighted by atomic mass is 10.1. The average Bonchev–Trinajstić information content (AvgIpc) is 2.69. The third-order valence-electron chi connectivity index (χ3n) is 4.09. The second-order valence-corrected chi connectivity index (χ2v) is 8.81. The number of nitrogens with one attached hydrogen (secondary N) is 3. The van der Waals surface area contributed by atoms with E-state index in [0.29, 0.717) is 41.1 Å². The summed E-state index contributed by atoms with van der Waals surface area (Å²) in [5.41, 5.74) is 1.58. The number of nitrogens with zero attached hydrogens (tertiary/aromatic N) is 1. The van der Waals surface area contributed by atoms with Crippen LogP contribution in [0.2, 0.25) is 5.02 Å². The number of aliphatic imine (C=N–C) groups is 1. The number of halogens is 1. The zero-order chi connectivity index (χ0) is 21.3. The Bertz CT molecular complexity index is 943. The monoisotopic (exact) mass is 436 g/mol. The van der Waals surface area contributed by atoms with E-state index in [1.807, 2.05) is 0 Å². The van der Waals surface area contributed by atoms with E-state index >= 15 is 0 Å². The summed E-state index contributed by atoms with van der Waals surface area (Å²) in [6.45, 7) is 1.59. The summed E-state index contributed by atoms with van der Waals surface area (Å²) >= 11 is 5.81. The molecular formula is C20H25ClN4O3S. The molecule has 0 aliphatic carbocycles. The van der Waals surface area contributed by atoms with Crippen molar-refractivity contribution in [1.29, 1.82) is 0 Å². The van der Waals surface area contributed by atoms with Gasteiger partial charge in [-0.15, -0.1) is 0 Å². The van der Waals surface area contributed by atoms with Gasteiger partial charge in [-0.25, -0.2) is 8.42 Å². The van der Waals surface area contributed by atoms with Crippen LogP contribution in [0.3, 0.4) is 0 Å². The van der Waals surface area contributed by atoms with Crippen molar-refractivity contribution in [3.63, 3.8) is 0 Å². The molecule has 0 fully saturated rings. The fourth-order valence-corrected chi connectivity index (χ4v) is 3.27. The number of hydrogen-bond acceptors (Lipinski definition) is 4. The molecule has 0 radical (unpaired) electrons. The smallest absolute Gasteiger partial charge is 0.251 e. The van der Waals surface area contributed by atoms with Gasteiger partial charge in [0.1, 0.15) is 0 Å². The van der Waals surface area contributed by atoms with Gasteiger partial charge in [-0.05, 0) is 48.4 Å². The van der Waals surface area contributed by atoms with E-state index in [1.165, 1.54) is 6.26 Å². The first-order valence-corrected chi connectivity index (χ1v) is 11.3. The third kappa shape index (κ3) is 7.75. The van der Waals surface area contributed by atoms with Gasteiger partial charge in [-0.2, -0.15) is 0 Å². The number of benzene rings is 2. The molecule has 2 aromatic carbocycles. The van der Waals surface area contributed by atoms with Gasteiger partial charge >= 0.3 is 0 Å². The standard InChI is InChI=1S/C20H25ClN4O3S/c1-22-20(24-12-11-15-3-9-18(10-4-15)29(2,27)28)25-14-13-23-19(26)16-5-7-17(21)8-6-16/h3-10H,11-14H2,1-2H3,(H,23,26)(H2,22,24,25). The summed E-state index contributed by atoms with van der Waals surface area (Å²) in [5, 5.41) is 9.71. The minimum Gasteiger partial charge on any atom is -0.356 e. The molecule has 3 N–H and O–H groups in total. The molecule has 0 spiro atoms. The third-order valence-corrected chi connectivity index (χ3v) is 5.47. The van der Waals surface area contributed by atoms with Crippen LogP contribution in [0.25, 0.3) is 0 Å². The van der Waals surface area contributed by atoms with Gasteiger partial charge in [0.15, 0.2) is 15.8 Å². The highest BCUT2D eigenvalue weighted by molar-refractivity contribution is 7.90. The molecule has 0 unspecified atom stereocenters. The maximum absolute atomic E-state index is 12.0. The highest BCUT2D eigenvalue weighted by atomic mass is 35.5. The predicted molar refractivity (Wildman–Crippen MR) is 116 cm³/mol. The summed E-state index contributed by atoms with van der Waals surface area (Å²) in [5.74, 6) is 0.461. The molecule has 0 heterocycles. The van der Waals surface area contributed by atoms with Crippen LogP contribution in [0.1, 0.15) is 15.9 Å². The number of sulfone groups is 1. The lowest BCUT2D eigenvalue weighted by molar-refractivity contribution is 0.0954. The first-order valence-electron chi connectivity index (χ1n) is 9.07. The normalized spacial score (nSPS) is 11.8. The number of rotatable bonds is 8. The van der Waals surface area contributed by atoms with Crippen molar-refractivity contribution in [3.05, 3.63) is 64.7 Å². The molecule has 0 atom stereocenters. The van der Waals surface area contributed by atoms with Crippen LogP contribution in [-0.2, 0) is 16.3 Å². The minimum atomic E-state index is -3.18. The molecule has 0 aliphatic rings. The Hall–Kier alpha value is -2.58. The van der Waals surface area contributed by atoms with Gasteiger partial charge in [-0.3, -0.25) is 9.79 Å². The number of amides is 1. The van der Waals surface area contributed by atoms with E-state index in [1.54, 1.807) is 55.6 Å². The van der Waals surface area contributed by atoms with Crippen LogP contribution >= 0.6 is 11.6 Å². The van der Waals surface area contributed by atoms with E-state index in [2.05, 4.69) is 20.9 Å². The summed E-state index contributed by atoms with van der Waals surface area (Å²) in [4.78, 5) is 16.5. The van der Waals surface area contributed by atoms with Gasteiger partial charge in [-0.1, -0.05) is 23.7 Å². The summed E-state index contributed by atoms with van der Waals surface area (Å²) in [6, 6.07) is 13.5. The Labute approximate surface area is 176 Å². The molecule has 0 aliphatic heterocycles. The molecular weight excluding hydrogens is 412 g/mol. The number of carbonyl (C=O) groups excluding carboxylic acids is 1. The minimum absolute atomic E-state index is 0.163. The van der Waals surface area contributed by atoms with Gasteiger partial charge in [0.25, 0.3) is 5.91 Å². The Kier molecular flexibility index (Phi) is 8.48. The zero-order valence-electron chi connectivity index (χ0n) is 16.4. The maximum Gasteiger partial charge on any atom is 0.251 e. The largest absolute Gasteiger partial charge is 0.356 e. The van der Waals surface area contributed by atoms with E-state index < -0.39 is 9.84 Å². The van der Waals surface area contributed by atoms with Crippen molar-refractivity contribution in [2.24, 2.45) is 4.99 Å². The van der Waals surface area contributed by atoms with E-state index in [4.69, 9.17) is 11.6 Å². The Morgan fingerprint density at radius 1 is 0.931 bits per heavy atom. The zero-order valence-corrected chi connectivity index (χ0v) is 18.0. The lowest BCUT2D eigenvalue weighted by Crippen LogP contribution is -2.42. The molecule has 9 heteroatoms. The van der Waals surface area contributed by atoms with E-state index in [-0.39, 0.29) is 5.91 Å². The second-order valence-electron chi connectivity index (χ2n) is 6.35. The molecule has 29 heavy (non-hydrogen) atoms. The highest BCUT2D eigenvalue weighted by Gasteiger charge is 2.07. The molecule has 156 valence electrons. The van der Waals surface area contributed by atoms with Gasteiger partial charge in [0.2, 0.25) is 0 Å². The first-order chi connectivity index (χ1) is 13.8. The lowest BCUT2D eigenvalue weighted by Gasteiger charge is -2.12. The topological polar surface area (TPSA) is 99.7 Å². The van der Waals surface area contributed by atoms with Gasteiger partial charge in [0.05, 0.1) is 4.90 Å². The first kappa shape index (κ1) is 22.7. The summed E-state index contributed by atoms with van der Waals surface area (Å²) in [7, 11) is -1.51. The van der Waals surface area contributed by atoms with Crippen molar-refractivity contribution >= 4 is 33.3 Å². The average molecular weight is 437 g/mol.